The van der Waals surface area contributed by atoms with Crippen molar-refractivity contribution in [1.29, 1.82) is 0 Å². The molecule has 3 rings (SSSR count). The van der Waals surface area contributed by atoms with E-state index in [1.54, 1.807) is 23.1 Å². The number of hydrogen-bond acceptors (Lipinski definition) is 5. The summed E-state index contributed by atoms with van der Waals surface area (Å²) in [6.07, 6.45) is 2.98. The Labute approximate surface area is 143 Å². The van der Waals surface area contributed by atoms with E-state index in [1.807, 2.05) is 0 Å². The Hall–Kier alpha value is -1.89. The van der Waals surface area contributed by atoms with Crippen LogP contribution in [0.15, 0.2) is 30.6 Å². The van der Waals surface area contributed by atoms with Crippen LogP contribution in [0, 0.1) is 0 Å². The molecule has 0 unspecified atom stereocenters. The zero-order valence-electron chi connectivity index (χ0n) is 12.1. The van der Waals surface area contributed by atoms with Crippen molar-refractivity contribution >= 4 is 40.7 Å². The number of carbonyl (C=O) groups excluding carboxylic acids is 1. The molecule has 1 aromatic heterocycles. The number of halogens is 2. The molecule has 1 N–H and O–H groups in total. The first-order valence-electron chi connectivity index (χ1n) is 7.05. The number of nitrogens with zero attached hydrogens (tertiary/aromatic N) is 3. The minimum absolute atomic E-state index is 0.0966. The predicted octanol–water partition coefficient (Wildman–Crippen LogP) is 3.00. The van der Waals surface area contributed by atoms with Crippen LogP contribution in [-0.4, -0.2) is 47.1 Å². The van der Waals surface area contributed by atoms with E-state index in [4.69, 9.17) is 27.9 Å². The van der Waals surface area contributed by atoms with Crippen LogP contribution in [0.3, 0.4) is 0 Å². The van der Waals surface area contributed by atoms with Gasteiger partial charge in [0.2, 0.25) is 5.95 Å². The Morgan fingerprint density at radius 1 is 1.17 bits per heavy atom. The van der Waals surface area contributed by atoms with Gasteiger partial charge in [-0.3, -0.25) is 4.79 Å². The van der Waals surface area contributed by atoms with Crippen LogP contribution in [0.4, 0.5) is 11.6 Å². The summed E-state index contributed by atoms with van der Waals surface area (Å²) in [6.45, 7) is 2.27. The van der Waals surface area contributed by atoms with Crippen LogP contribution in [0.5, 0.6) is 0 Å². The van der Waals surface area contributed by atoms with E-state index in [9.17, 15) is 4.79 Å². The molecule has 0 radical (unpaired) electrons. The van der Waals surface area contributed by atoms with Crippen molar-refractivity contribution < 1.29 is 9.53 Å². The van der Waals surface area contributed by atoms with Gasteiger partial charge in [-0.15, -0.1) is 0 Å². The van der Waals surface area contributed by atoms with E-state index in [0.717, 1.165) is 0 Å². The van der Waals surface area contributed by atoms with Gasteiger partial charge < -0.3 is 15.0 Å². The number of carbonyl (C=O) groups is 1. The highest BCUT2D eigenvalue weighted by atomic mass is 35.5. The number of nitrogens with one attached hydrogen (secondary N) is 1. The lowest BCUT2D eigenvalue weighted by Gasteiger charge is -2.26. The molecule has 0 aliphatic carbocycles. The van der Waals surface area contributed by atoms with E-state index >= 15 is 0 Å². The standard InChI is InChI=1S/C15H14Cl2N4O2/c16-11-2-1-3-12(13(11)17)20-15-18-8-10(9-19-15)14(22)21-4-6-23-7-5-21/h1-3,8-9H,4-7H2,(H,18,19,20). The van der Waals surface area contributed by atoms with Crippen LogP contribution in [0.1, 0.15) is 10.4 Å². The summed E-state index contributed by atoms with van der Waals surface area (Å²) in [4.78, 5) is 22.3. The topological polar surface area (TPSA) is 67.4 Å². The third kappa shape index (κ3) is 3.72. The van der Waals surface area contributed by atoms with Crippen LogP contribution in [0.2, 0.25) is 10.0 Å². The van der Waals surface area contributed by atoms with E-state index in [-0.39, 0.29) is 5.91 Å². The SMILES string of the molecule is O=C(c1cnc(Nc2cccc(Cl)c2Cl)nc1)N1CCOCC1. The molecule has 2 heterocycles. The Balaban J connectivity index is 1.71. The molecule has 0 spiro atoms. The molecule has 120 valence electrons. The molecule has 0 atom stereocenters. The number of rotatable bonds is 3. The average Bonchev–Trinajstić information content (AvgIpc) is 2.60. The summed E-state index contributed by atoms with van der Waals surface area (Å²) < 4.78 is 5.23. The van der Waals surface area contributed by atoms with Crippen LogP contribution in [-0.2, 0) is 4.74 Å². The summed E-state index contributed by atoms with van der Waals surface area (Å²) in [5, 5.41) is 3.81. The highest BCUT2D eigenvalue weighted by Crippen LogP contribution is 2.30. The number of anilines is 2. The van der Waals surface area contributed by atoms with E-state index in [0.29, 0.717) is 53.5 Å². The van der Waals surface area contributed by atoms with Crippen LogP contribution in [0.25, 0.3) is 0 Å². The first kappa shape index (κ1) is 16.0. The summed E-state index contributed by atoms with van der Waals surface area (Å²) in [5.41, 5.74) is 1.04. The molecule has 23 heavy (non-hydrogen) atoms. The smallest absolute Gasteiger partial charge is 0.257 e. The minimum atomic E-state index is -0.0966. The average molecular weight is 353 g/mol. The Kier molecular flexibility index (Phi) is 4.95. The van der Waals surface area contributed by atoms with Crippen molar-refractivity contribution in [2.45, 2.75) is 0 Å². The fourth-order valence-electron chi connectivity index (χ4n) is 2.17. The van der Waals surface area contributed by atoms with E-state index in [2.05, 4.69) is 15.3 Å². The number of ether oxygens (including phenoxy) is 1. The minimum Gasteiger partial charge on any atom is -0.378 e. The maximum atomic E-state index is 12.3. The van der Waals surface area contributed by atoms with Crippen molar-refractivity contribution in [3.63, 3.8) is 0 Å². The number of benzene rings is 1. The molecule has 0 saturated carbocycles. The number of amides is 1. The molecule has 1 amide bonds. The van der Waals surface area contributed by atoms with Gasteiger partial charge >= 0.3 is 0 Å². The quantitative estimate of drug-likeness (QED) is 0.919. The first-order chi connectivity index (χ1) is 11.1. The van der Waals surface area contributed by atoms with Gasteiger partial charge in [0.05, 0.1) is 34.5 Å². The molecular formula is C15H14Cl2N4O2. The third-order valence-electron chi connectivity index (χ3n) is 3.40. The molecule has 1 saturated heterocycles. The van der Waals surface area contributed by atoms with Gasteiger partial charge in [0.15, 0.2) is 0 Å². The Bertz CT molecular complexity index is 703. The lowest BCUT2D eigenvalue weighted by atomic mass is 10.3. The zero-order valence-corrected chi connectivity index (χ0v) is 13.6. The number of aromatic nitrogens is 2. The monoisotopic (exact) mass is 352 g/mol. The summed E-state index contributed by atoms with van der Waals surface area (Å²) in [7, 11) is 0. The molecular weight excluding hydrogens is 339 g/mol. The fraction of sp³-hybridized carbons (Fsp3) is 0.267. The Morgan fingerprint density at radius 2 is 1.87 bits per heavy atom. The summed E-state index contributed by atoms with van der Waals surface area (Å²) >= 11 is 12.1. The van der Waals surface area contributed by atoms with Crippen molar-refractivity contribution in [1.82, 2.24) is 14.9 Å². The van der Waals surface area contributed by atoms with Gasteiger partial charge in [-0.05, 0) is 12.1 Å². The highest BCUT2D eigenvalue weighted by molar-refractivity contribution is 6.43. The second-order valence-electron chi connectivity index (χ2n) is 4.93. The normalized spacial score (nSPS) is 14.6. The molecule has 1 fully saturated rings. The van der Waals surface area contributed by atoms with Gasteiger partial charge in [0, 0.05) is 25.5 Å². The van der Waals surface area contributed by atoms with Gasteiger partial charge in [0.1, 0.15) is 0 Å². The molecule has 1 aliphatic rings. The van der Waals surface area contributed by atoms with Crippen molar-refractivity contribution in [3.8, 4) is 0 Å². The largest absolute Gasteiger partial charge is 0.378 e. The molecule has 8 heteroatoms. The maximum Gasteiger partial charge on any atom is 0.257 e. The first-order valence-corrected chi connectivity index (χ1v) is 7.81. The molecule has 2 aromatic rings. The summed E-state index contributed by atoms with van der Waals surface area (Å²) in [6, 6.07) is 5.23. The molecule has 1 aliphatic heterocycles. The zero-order chi connectivity index (χ0) is 16.2. The molecule has 1 aromatic carbocycles. The number of morpholine rings is 1. The van der Waals surface area contributed by atoms with Crippen molar-refractivity contribution in [2.75, 3.05) is 31.6 Å². The van der Waals surface area contributed by atoms with Crippen molar-refractivity contribution in [2.24, 2.45) is 0 Å². The van der Waals surface area contributed by atoms with Gasteiger partial charge in [-0.2, -0.15) is 0 Å². The fourth-order valence-corrected chi connectivity index (χ4v) is 2.52. The predicted molar refractivity (Wildman–Crippen MR) is 88.5 cm³/mol. The number of hydrogen-bond donors (Lipinski definition) is 1. The van der Waals surface area contributed by atoms with Gasteiger partial charge in [-0.25, -0.2) is 9.97 Å². The lowest BCUT2D eigenvalue weighted by molar-refractivity contribution is 0.0302. The highest BCUT2D eigenvalue weighted by Gasteiger charge is 2.19. The second-order valence-corrected chi connectivity index (χ2v) is 5.71. The van der Waals surface area contributed by atoms with Gasteiger partial charge in [-0.1, -0.05) is 29.3 Å². The summed E-state index contributed by atoms with van der Waals surface area (Å²) in [5.74, 6) is 0.244. The lowest BCUT2D eigenvalue weighted by Crippen LogP contribution is -2.40. The van der Waals surface area contributed by atoms with Gasteiger partial charge in [0.25, 0.3) is 5.91 Å². The van der Waals surface area contributed by atoms with Crippen LogP contribution >= 0.6 is 23.2 Å². The Morgan fingerprint density at radius 3 is 2.57 bits per heavy atom. The van der Waals surface area contributed by atoms with Crippen molar-refractivity contribution in [3.05, 3.63) is 46.2 Å². The molecule has 0 bridgehead atoms. The third-order valence-corrected chi connectivity index (χ3v) is 4.21. The maximum absolute atomic E-state index is 12.3. The van der Waals surface area contributed by atoms with E-state index in [1.165, 1.54) is 12.4 Å². The van der Waals surface area contributed by atoms with Crippen LogP contribution < -0.4 is 5.32 Å². The van der Waals surface area contributed by atoms with E-state index < -0.39 is 0 Å². The molecule has 6 nitrogen and oxygen atoms in total. The second kappa shape index (κ2) is 7.12.